The molecule has 0 aliphatic carbocycles. The predicted molar refractivity (Wildman–Crippen MR) is 65.9 cm³/mol. The summed E-state index contributed by atoms with van der Waals surface area (Å²) in [5, 5.41) is 0. The van der Waals surface area contributed by atoms with Crippen LogP contribution in [-0.2, 0) is 11.3 Å². The summed E-state index contributed by atoms with van der Waals surface area (Å²) in [4.78, 5) is 13.4. The minimum absolute atomic E-state index is 0.0161. The Morgan fingerprint density at radius 1 is 1.31 bits per heavy atom. The van der Waals surface area contributed by atoms with Crippen molar-refractivity contribution in [2.75, 3.05) is 13.1 Å². The second-order valence-corrected chi connectivity index (χ2v) is 4.01. The smallest absolute Gasteiger partial charge is 0.236 e. The minimum atomic E-state index is 0.0161. The van der Waals surface area contributed by atoms with Gasteiger partial charge in [0, 0.05) is 13.1 Å². The highest BCUT2D eigenvalue weighted by Crippen LogP contribution is 2.07. The summed E-state index contributed by atoms with van der Waals surface area (Å²) in [6, 6.07) is 8.24. The van der Waals surface area contributed by atoms with E-state index in [2.05, 4.69) is 38.1 Å². The van der Waals surface area contributed by atoms with E-state index in [9.17, 15) is 4.79 Å². The first-order valence-electron chi connectivity index (χ1n) is 5.70. The van der Waals surface area contributed by atoms with Crippen LogP contribution in [0.4, 0.5) is 0 Å². The lowest BCUT2D eigenvalue weighted by atomic mass is 10.1. The Labute approximate surface area is 97.2 Å². The lowest BCUT2D eigenvalue weighted by molar-refractivity contribution is -0.130. The molecule has 0 aliphatic rings. The number of rotatable bonds is 5. The second-order valence-electron chi connectivity index (χ2n) is 4.01. The fourth-order valence-corrected chi connectivity index (χ4v) is 1.60. The van der Waals surface area contributed by atoms with Crippen LogP contribution in [0.3, 0.4) is 0 Å². The van der Waals surface area contributed by atoms with Crippen molar-refractivity contribution in [3.8, 4) is 0 Å². The number of benzene rings is 1. The first-order valence-corrected chi connectivity index (χ1v) is 5.70. The van der Waals surface area contributed by atoms with Crippen LogP contribution in [0.1, 0.15) is 24.5 Å². The van der Waals surface area contributed by atoms with Gasteiger partial charge in [-0.25, -0.2) is 0 Å². The summed E-state index contributed by atoms with van der Waals surface area (Å²) < 4.78 is 0. The van der Waals surface area contributed by atoms with Gasteiger partial charge in [-0.3, -0.25) is 4.79 Å². The quantitative estimate of drug-likeness (QED) is 0.821. The maximum Gasteiger partial charge on any atom is 0.236 e. The average molecular weight is 220 g/mol. The molecule has 88 valence electrons. The Morgan fingerprint density at radius 2 is 1.94 bits per heavy atom. The molecule has 0 aromatic heterocycles. The fraction of sp³-hybridized carbons (Fsp3) is 0.462. The number of nitrogens with two attached hydrogens (primary N) is 1. The van der Waals surface area contributed by atoms with Crippen molar-refractivity contribution in [1.29, 1.82) is 0 Å². The van der Waals surface area contributed by atoms with Crippen molar-refractivity contribution in [1.82, 2.24) is 4.90 Å². The molecule has 0 aliphatic heterocycles. The van der Waals surface area contributed by atoms with Crippen molar-refractivity contribution in [3.05, 3.63) is 35.4 Å². The Bertz CT molecular complexity index is 332. The Morgan fingerprint density at radius 3 is 2.44 bits per heavy atom. The molecule has 3 heteroatoms. The van der Waals surface area contributed by atoms with Gasteiger partial charge in [-0.05, 0) is 18.9 Å². The third kappa shape index (κ3) is 3.66. The van der Waals surface area contributed by atoms with E-state index < -0.39 is 0 Å². The first-order chi connectivity index (χ1) is 7.67. The Kier molecular flexibility index (Phi) is 4.99. The maximum absolute atomic E-state index is 11.6. The summed E-state index contributed by atoms with van der Waals surface area (Å²) in [6.07, 6.45) is 0.956. The highest BCUT2D eigenvalue weighted by molar-refractivity contribution is 5.78. The molecule has 0 radical (unpaired) electrons. The molecule has 1 amide bonds. The zero-order chi connectivity index (χ0) is 12.0. The molecule has 1 aromatic rings. The van der Waals surface area contributed by atoms with Crippen LogP contribution in [0.25, 0.3) is 0 Å². The highest BCUT2D eigenvalue weighted by atomic mass is 16.2. The molecule has 0 heterocycles. The third-order valence-corrected chi connectivity index (χ3v) is 2.51. The largest absolute Gasteiger partial charge is 0.337 e. The summed E-state index contributed by atoms with van der Waals surface area (Å²) in [5.41, 5.74) is 7.78. The molecule has 1 rings (SSSR count). The van der Waals surface area contributed by atoms with Crippen LogP contribution in [-0.4, -0.2) is 23.9 Å². The Hall–Kier alpha value is -1.35. The molecule has 16 heavy (non-hydrogen) atoms. The van der Waals surface area contributed by atoms with Gasteiger partial charge < -0.3 is 10.6 Å². The van der Waals surface area contributed by atoms with Crippen molar-refractivity contribution >= 4 is 5.91 Å². The van der Waals surface area contributed by atoms with Crippen molar-refractivity contribution in [2.45, 2.75) is 26.8 Å². The van der Waals surface area contributed by atoms with Gasteiger partial charge in [-0.2, -0.15) is 0 Å². The second kappa shape index (κ2) is 6.28. The van der Waals surface area contributed by atoms with E-state index in [0.29, 0.717) is 6.54 Å². The molecule has 2 N–H and O–H groups in total. The van der Waals surface area contributed by atoms with Gasteiger partial charge in [0.25, 0.3) is 0 Å². The normalized spacial score (nSPS) is 10.2. The standard InChI is InChI=1S/C13H20N2O/c1-3-8-15(13(16)9-14)10-12-6-4-11(2)5-7-12/h4-7H,3,8-10,14H2,1-2H3. The molecule has 0 atom stereocenters. The van der Waals surface area contributed by atoms with E-state index >= 15 is 0 Å². The number of carbonyl (C=O) groups is 1. The summed E-state index contributed by atoms with van der Waals surface area (Å²) in [6.45, 7) is 5.63. The molecule has 1 aromatic carbocycles. The Balaban J connectivity index is 2.67. The molecule has 0 fully saturated rings. The molecule has 3 nitrogen and oxygen atoms in total. The number of amides is 1. The van der Waals surface area contributed by atoms with Crippen LogP contribution in [0.5, 0.6) is 0 Å². The van der Waals surface area contributed by atoms with Crippen LogP contribution in [0.2, 0.25) is 0 Å². The van der Waals surface area contributed by atoms with E-state index in [0.717, 1.165) is 18.5 Å². The van der Waals surface area contributed by atoms with Crippen LogP contribution in [0, 0.1) is 6.92 Å². The first kappa shape index (κ1) is 12.7. The summed E-state index contributed by atoms with van der Waals surface area (Å²) >= 11 is 0. The van der Waals surface area contributed by atoms with Gasteiger partial charge in [-0.15, -0.1) is 0 Å². The zero-order valence-corrected chi connectivity index (χ0v) is 10.1. The van der Waals surface area contributed by atoms with Gasteiger partial charge >= 0.3 is 0 Å². The van der Waals surface area contributed by atoms with Gasteiger partial charge in [0.2, 0.25) is 5.91 Å². The lowest BCUT2D eigenvalue weighted by Gasteiger charge is -2.21. The van der Waals surface area contributed by atoms with Gasteiger partial charge in [0.1, 0.15) is 0 Å². The van der Waals surface area contributed by atoms with E-state index in [4.69, 9.17) is 5.73 Å². The molecular weight excluding hydrogens is 200 g/mol. The van der Waals surface area contributed by atoms with Crippen molar-refractivity contribution in [3.63, 3.8) is 0 Å². The zero-order valence-electron chi connectivity index (χ0n) is 10.1. The average Bonchev–Trinajstić information content (AvgIpc) is 2.30. The van der Waals surface area contributed by atoms with Crippen LogP contribution in [0.15, 0.2) is 24.3 Å². The number of aryl methyl sites for hydroxylation is 1. The van der Waals surface area contributed by atoms with E-state index in [-0.39, 0.29) is 12.5 Å². The predicted octanol–water partition coefficient (Wildman–Crippen LogP) is 1.69. The number of hydrogen-bond donors (Lipinski definition) is 1. The van der Waals surface area contributed by atoms with Gasteiger partial charge in [0.15, 0.2) is 0 Å². The van der Waals surface area contributed by atoms with Crippen LogP contribution < -0.4 is 5.73 Å². The number of hydrogen-bond acceptors (Lipinski definition) is 2. The maximum atomic E-state index is 11.6. The van der Waals surface area contributed by atoms with E-state index in [1.807, 2.05) is 4.90 Å². The monoisotopic (exact) mass is 220 g/mol. The molecular formula is C13H20N2O. The topological polar surface area (TPSA) is 46.3 Å². The molecule has 0 saturated carbocycles. The number of nitrogens with zero attached hydrogens (tertiary/aromatic N) is 1. The molecule has 0 bridgehead atoms. The third-order valence-electron chi connectivity index (χ3n) is 2.51. The molecule has 0 saturated heterocycles. The molecule has 0 unspecified atom stereocenters. The van der Waals surface area contributed by atoms with Crippen molar-refractivity contribution in [2.24, 2.45) is 5.73 Å². The number of carbonyl (C=O) groups excluding carboxylic acids is 1. The van der Waals surface area contributed by atoms with E-state index in [1.165, 1.54) is 5.56 Å². The van der Waals surface area contributed by atoms with Crippen molar-refractivity contribution < 1.29 is 4.79 Å². The lowest BCUT2D eigenvalue weighted by Crippen LogP contribution is -2.36. The van der Waals surface area contributed by atoms with E-state index in [1.54, 1.807) is 0 Å². The fourth-order valence-electron chi connectivity index (χ4n) is 1.60. The SMILES string of the molecule is CCCN(Cc1ccc(C)cc1)C(=O)CN. The molecule has 0 spiro atoms. The minimum Gasteiger partial charge on any atom is -0.337 e. The summed E-state index contributed by atoms with van der Waals surface area (Å²) in [5.74, 6) is 0.0161. The highest BCUT2D eigenvalue weighted by Gasteiger charge is 2.10. The summed E-state index contributed by atoms with van der Waals surface area (Å²) in [7, 11) is 0. The van der Waals surface area contributed by atoms with Gasteiger partial charge in [-0.1, -0.05) is 36.8 Å². The van der Waals surface area contributed by atoms with Crippen LogP contribution >= 0.6 is 0 Å². The van der Waals surface area contributed by atoms with Gasteiger partial charge in [0.05, 0.1) is 6.54 Å².